The van der Waals surface area contributed by atoms with Gasteiger partial charge in [0.25, 0.3) is 5.91 Å². The summed E-state index contributed by atoms with van der Waals surface area (Å²) in [4.78, 5) is 12.0. The minimum atomic E-state index is -0.669. The third-order valence-electron chi connectivity index (χ3n) is 3.07. The number of hydrazone groups is 1. The van der Waals surface area contributed by atoms with E-state index in [2.05, 4.69) is 26.5 Å². The molecule has 1 N–H and O–H groups in total. The molecule has 2 rings (SSSR count). The van der Waals surface area contributed by atoms with Crippen molar-refractivity contribution >= 4 is 39.7 Å². The number of amides is 1. The van der Waals surface area contributed by atoms with Gasteiger partial charge in [-0.3, -0.25) is 4.79 Å². The molecule has 0 radical (unpaired) electrons. The van der Waals surface area contributed by atoms with Gasteiger partial charge in [-0.1, -0.05) is 39.7 Å². The molecule has 0 saturated carbocycles. The lowest BCUT2D eigenvalue weighted by molar-refractivity contribution is -0.127. The molecular weight excluding hydrogens is 380 g/mol. The molecule has 0 bridgehead atoms. The van der Waals surface area contributed by atoms with Gasteiger partial charge in [-0.25, -0.2) is 5.43 Å². The fourth-order valence-corrected chi connectivity index (χ4v) is 2.14. The molecule has 1 amide bonds. The molecule has 2 aromatic carbocycles. The van der Waals surface area contributed by atoms with Crippen LogP contribution in [0.15, 0.2) is 52.0 Å². The molecule has 6 heteroatoms. The lowest BCUT2D eigenvalue weighted by atomic mass is 10.2. The predicted molar refractivity (Wildman–Crippen MR) is 96.2 cm³/mol. The Balaban J connectivity index is 1.89. The highest BCUT2D eigenvalue weighted by Gasteiger charge is 2.14. The summed E-state index contributed by atoms with van der Waals surface area (Å²) in [6.45, 7) is 3.54. The summed E-state index contributed by atoms with van der Waals surface area (Å²) in [5, 5.41) is 4.59. The topological polar surface area (TPSA) is 50.7 Å². The van der Waals surface area contributed by atoms with Crippen LogP contribution in [-0.2, 0) is 4.79 Å². The molecule has 0 spiro atoms. The minimum Gasteiger partial charge on any atom is -0.481 e. The summed E-state index contributed by atoms with van der Waals surface area (Å²) >= 11 is 9.32. The Kier molecular flexibility index (Phi) is 6.19. The molecule has 0 heterocycles. The van der Waals surface area contributed by atoms with Gasteiger partial charge in [-0.05, 0) is 55.3 Å². The number of halogens is 2. The summed E-state index contributed by atoms with van der Waals surface area (Å²) in [5.41, 5.74) is 4.24. The van der Waals surface area contributed by atoms with Gasteiger partial charge in [0.15, 0.2) is 6.10 Å². The van der Waals surface area contributed by atoms with E-state index in [0.29, 0.717) is 10.8 Å². The third-order valence-corrected chi connectivity index (χ3v) is 4.02. The van der Waals surface area contributed by atoms with Crippen molar-refractivity contribution in [2.45, 2.75) is 20.0 Å². The lowest BCUT2D eigenvalue weighted by Crippen LogP contribution is -2.33. The highest BCUT2D eigenvalue weighted by Crippen LogP contribution is 2.21. The van der Waals surface area contributed by atoms with Crippen molar-refractivity contribution in [3.05, 3.63) is 63.1 Å². The van der Waals surface area contributed by atoms with E-state index in [-0.39, 0.29) is 5.91 Å². The number of aryl methyl sites for hydroxylation is 1. The van der Waals surface area contributed by atoms with Gasteiger partial charge in [0.1, 0.15) is 5.75 Å². The molecule has 0 aliphatic carbocycles. The number of carbonyl (C=O) groups excluding carboxylic acids is 1. The maximum atomic E-state index is 12.0. The van der Waals surface area contributed by atoms with Crippen LogP contribution >= 0.6 is 27.5 Å². The number of hydrogen-bond acceptors (Lipinski definition) is 3. The number of hydrogen-bond donors (Lipinski definition) is 1. The SMILES string of the molecule is Cc1cc(O[C@H](C)C(=O)NN=Cc2ccc(Br)cc2)ccc1Cl. The highest BCUT2D eigenvalue weighted by atomic mass is 79.9. The van der Waals surface area contributed by atoms with Crippen molar-refractivity contribution in [3.63, 3.8) is 0 Å². The lowest BCUT2D eigenvalue weighted by Gasteiger charge is -2.13. The normalized spacial score (nSPS) is 12.2. The van der Waals surface area contributed by atoms with Gasteiger partial charge in [0.05, 0.1) is 6.21 Å². The Morgan fingerprint density at radius 3 is 2.65 bits per heavy atom. The number of nitrogens with zero attached hydrogens (tertiary/aromatic N) is 1. The van der Waals surface area contributed by atoms with E-state index in [1.54, 1.807) is 31.3 Å². The Hall–Kier alpha value is -1.85. The zero-order valence-electron chi connectivity index (χ0n) is 12.7. The first-order valence-electron chi connectivity index (χ1n) is 6.97. The zero-order chi connectivity index (χ0) is 16.8. The molecule has 0 unspecified atom stereocenters. The van der Waals surface area contributed by atoms with Gasteiger partial charge in [-0.15, -0.1) is 0 Å². The minimum absolute atomic E-state index is 0.328. The molecule has 0 aliphatic heterocycles. The molecule has 2 aromatic rings. The van der Waals surface area contributed by atoms with Crippen molar-refractivity contribution < 1.29 is 9.53 Å². The Morgan fingerprint density at radius 2 is 2.00 bits per heavy atom. The molecule has 23 heavy (non-hydrogen) atoms. The van der Waals surface area contributed by atoms with E-state index in [0.717, 1.165) is 15.6 Å². The highest BCUT2D eigenvalue weighted by molar-refractivity contribution is 9.10. The van der Waals surface area contributed by atoms with E-state index in [1.807, 2.05) is 31.2 Å². The Bertz CT molecular complexity index is 717. The molecule has 120 valence electrons. The smallest absolute Gasteiger partial charge is 0.280 e. The van der Waals surface area contributed by atoms with E-state index < -0.39 is 6.10 Å². The number of ether oxygens (including phenoxy) is 1. The molecule has 4 nitrogen and oxygen atoms in total. The third kappa shape index (κ3) is 5.37. The molecular formula is C17H16BrClN2O2. The van der Waals surface area contributed by atoms with Crippen LogP contribution in [0.5, 0.6) is 5.75 Å². The number of carbonyl (C=O) groups is 1. The quantitative estimate of drug-likeness (QED) is 0.605. The fraction of sp³-hybridized carbons (Fsp3) is 0.176. The van der Waals surface area contributed by atoms with E-state index in [1.165, 1.54) is 0 Å². The van der Waals surface area contributed by atoms with Crippen LogP contribution < -0.4 is 10.2 Å². The summed E-state index contributed by atoms with van der Waals surface area (Å²) < 4.78 is 6.56. The Morgan fingerprint density at radius 1 is 1.30 bits per heavy atom. The number of nitrogens with one attached hydrogen (secondary N) is 1. The molecule has 0 aliphatic rings. The van der Waals surface area contributed by atoms with Crippen LogP contribution in [0.2, 0.25) is 5.02 Å². The Labute approximate surface area is 148 Å². The predicted octanol–water partition coefficient (Wildman–Crippen LogP) is 4.33. The van der Waals surface area contributed by atoms with E-state index >= 15 is 0 Å². The first-order valence-corrected chi connectivity index (χ1v) is 8.14. The van der Waals surface area contributed by atoms with Crippen LogP contribution in [0.4, 0.5) is 0 Å². The maximum Gasteiger partial charge on any atom is 0.280 e. The molecule has 0 saturated heterocycles. The number of rotatable bonds is 5. The largest absolute Gasteiger partial charge is 0.481 e. The maximum absolute atomic E-state index is 12.0. The van der Waals surface area contributed by atoms with Gasteiger partial charge in [0, 0.05) is 9.50 Å². The molecule has 0 fully saturated rings. The van der Waals surface area contributed by atoms with Gasteiger partial charge in [0.2, 0.25) is 0 Å². The van der Waals surface area contributed by atoms with Crippen molar-refractivity contribution in [2.24, 2.45) is 5.10 Å². The summed E-state index contributed by atoms with van der Waals surface area (Å²) in [6, 6.07) is 12.8. The van der Waals surface area contributed by atoms with E-state index in [4.69, 9.17) is 16.3 Å². The van der Waals surface area contributed by atoms with Gasteiger partial charge in [-0.2, -0.15) is 5.10 Å². The fourth-order valence-electron chi connectivity index (χ4n) is 1.76. The average molecular weight is 396 g/mol. The van der Waals surface area contributed by atoms with Crippen LogP contribution in [0.25, 0.3) is 0 Å². The second-order valence-electron chi connectivity index (χ2n) is 4.96. The first kappa shape index (κ1) is 17.5. The van der Waals surface area contributed by atoms with Gasteiger partial charge >= 0.3 is 0 Å². The number of benzene rings is 2. The van der Waals surface area contributed by atoms with Crippen molar-refractivity contribution in [1.82, 2.24) is 5.43 Å². The zero-order valence-corrected chi connectivity index (χ0v) is 15.1. The van der Waals surface area contributed by atoms with E-state index in [9.17, 15) is 4.79 Å². The van der Waals surface area contributed by atoms with Crippen LogP contribution in [0, 0.1) is 6.92 Å². The van der Waals surface area contributed by atoms with Gasteiger partial charge < -0.3 is 4.74 Å². The standard InChI is InChI=1S/C17H16BrClN2O2/c1-11-9-15(7-8-16(11)19)23-12(2)17(22)21-20-10-13-3-5-14(18)6-4-13/h3-10,12H,1-2H3,(H,21,22)/t12-/m1/s1. The monoisotopic (exact) mass is 394 g/mol. The molecule has 1 atom stereocenters. The summed E-state index contributed by atoms with van der Waals surface area (Å²) in [6.07, 6.45) is 0.904. The summed E-state index contributed by atoms with van der Waals surface area (Å²) in [7, 11) is 0. The van der Waals surface area contributed by atoms with Crippen molar-refractivity contribution in [3.8, 4) is 5.75 Å². The second-order valence-corrected chi connectivity index (χ2v) is 6.28. The van der Waals surface area contributed by atoms with Crippen LogP contribution in [0.3, 0.4) is 0 Å². The summed E-state index contributed by atoms with van der Waals surface area (Å²) in [5.74, 6) is 0.261. The van der Waals surface area contributed by atoms with Crippen molar-refractivity contribution in [2.75, 3.05) is 0 Å². The average Bonchev–Trinajstić information content (AvgIpc) is 2.52. The first-order chi connectivity index (χ1) is 11.0. The van der Waals surface area contributed by atoms with Crippen LogP contribution in [0.1, 0.15) is 18.1 Å². The second kappa shape index (κ2) is 8.13. The van der Waals surface area contributed by atoms with Crippen molar-refractivity contribution in [1.29, 1.82) is 0 Å². The van der Waals surface area contributed by atoms with Crippen LogP contribution in [-0.4, -0.2) is 18.2 Å². The molecule has 0 aromatic heterocycles.